The average Bonchev–Trinajstić information content (AvgIpc) is 2.39. The maximum absolute atomic E-state index is 8.68. The number of nitrogens with zero attached hydrogens (tertiary/aromatic N) is 2. The molecule has 0 aliphatic rings. The first kappa shape index (κ1) is 15.0. The highest BCUT2D eigenvalue weighted by molar-refractivity contribution is 6.32. The van der Waals surface area contributed by atoms with E-state index in [-0.39, 0.29) is 6.61 Å². The number of aliphatic hydroxyl groups is 1. The minimum atomic E-state index is 0.249. The average molecular weight is 273 g/mol. The van der Waals surface area contributed by atoms with Gasteiger partial charge in [0.1, 0.15) is 10.8 Å². The van der Waals surface area contributed by atoms with Gasteiger partial charge in [-0.25, -0.2) is 4.98 Å². The summed E-state index contributed by atoms with van der Waals surface area (Å²) in [7, 11) is 0. The van der Waals surface area contributed by atoms with Crippen LogP contribution in [0.1, 0.15) is 32.6 Å². The first-order valence-electron chi connectivity index (χ1n) is 6.39. The molecule has 0 atom stereocenters. The lowest BCUT2D eigenvalue weighted by Gasteiger charge is -2.09. The molecule has 0 saturated carbocycles. The van der Waals surface area contributed by atoms with E-state index in [4.69, 9.17) is 16.7 Å². The summed E-state index contributed by atoms with van der Waals surface area (Å²) in [4.78, 5) is 8.42. The van der Waals surface area contributed by atoms with Crippen LogP contribution in [0.3, 0.4) is 0 Å². The molecule has 5 nitrogen and oxygen atoms in total. The zero-order valence-corrected chi connectivity index (χ0v) is 11.5. The molecule has 0 aliphatic carbocycles. The van der Waals surface area contributed by atoms with Gasteiger partial charge in [-0.2, -0.15) is 4.98 Å². The second-order valence-electron chi connectivity index (χ2n) is 4.03. The predicted octanol–water partition coefficient (Wildman–Crippen LogP) is 2.53. The predicted molar refractivity (Wildman–Crippen MR) is 75.2 cm³/mol. The summed E-state index contributed by atoms with van der Waals surface area (Å²) < 4.78 is 0. The summed E-state index contributed by atoms with van der Waals surface area (Å²) in [6.07, 6.45) is 5.44. The molecular weight excluding hydrogens is 252 g/mol. The van der Waals surface area contributed by atoms with Gasteiger partial charge in [-0.3, -0.25) is 0 Å². The van der Waals surface area contributed by atoms with Crippen molar-refractivity contribution in [2.45, 2.75) is 32.6 Å². The van der Waals surface area contributed by atoms with Crippen LogP contribution in [0.25, 0.3) is 0 Å². The van der Waals surface area contributed by atoms with Gasteiger partial charge in [0, 0.05) is 19.7 Å². The van der Waals surface area contributed by atoms with Crippen molar-refractivity contribution in [2.24, 2.45) is 0 Å². The van der Waals surface area contributed by atoms with E-state index in [1.807, 2.05) is 0 Å². The molecule has 1 heterocycles. The maximum atomic E-state index is 8.68. The Morgan fingerprint density at radius 3 is 2.78 bits per heavy atom. The van der Waals surface area contributed by atoms with E-state index >= 15 is 0 Å². The van der Waals surface area contributed by atoms with E-state index in [1.54, 1.807) is 6.20 Å². The molecule has 0 aromatic carbocycles. The fourth-order valence-corrected chi connectivity index (χ4v) is 1.59. The van der Waals surface area contributed by atoms with Gasteiger partial charge in [0.2, 0.25) is 5.95 Å². The molecule has 0 aliphatic heterocycles. The van der Waals surface area contributed by atoms with Crippen molar-refractivity contribution in [3.63, 3.8) is 0 Å². The molecule has 0 radical (unpaired) electrons. The maximum Gasteiger partial charge on any atom is 0.224 e. The van der Waals surface area contributed by atoms with E-state index in [0.717, 1.165) is 38.8 Å². The van der Waals surface area contributed by atoms with Gasteiger partial charge in [-0.15, -0.1) is 0 Å². The summed E-state index contributed by atoms with van der Waals surface area (Å²) in [5.74, 6) is 1.26. The smallest absolute Gasteiger partial charge is 0.224 e. The van der Waals surface area contributed by atoms with Crippen molar-refractivity contribution < 1.29 is 5.11 Å². The van der Waals surface area contributed by atoms with Gasteiger partial charge in [0.15, 0.2) is 0 Å². The van der Waals surface area contributed by atoms with Crippen molar-refractivity contribution in [2.75, 3.05) is 30.3 Å². The molecule has 102 valence electrons. The summed E-state index contributed by atoms with van der Waals surface area (Å²) in [5, 5.41) is 15.5. The number of unbranched alkanes of at least 4 members (excludes halogenated alkanes) is 2. The molecule has 0 fully saturated rings. The Kier molecular flexibility index (Phi) is 7.44. The second-order valence-corrected chi connectivity index (χ2v) is 4.44. The Morgan fingerprint density at radius 1 is 1.22 bits per heavy atom. The van der Waals surface area contributed by atoms with Crippen molar-refractivity contribution in [3.05, 3.63) is 11.2 Å². The lowest BCUT2D eigenvalue weighted by molar-refractivity contribution is 0.283. The third-order valence-electron chi connectivity index (χ3n) is 2.40. The van der Waals surface area contributed by atoms with Gasteiger partial charge in [-0.1, -0.05) is 18.5 Å². The largest absolute Gasteiger partial charge is 0.396 e. The van der Waals surface area contributed by atoms with Crippen LogP contribution in [0.4, 0.5) is 11.8 Å². The molecule has 1 aromatic heterocycles. The van der Waals surface area contributed by atoms with Crippen LogP contribution >= 0.6 is 11.6 Å². The van der Waals surface area contributed by atoms with Crippen molar-refractivity contribution in [3.8, 4) is 0 Å². The highest BCUT2D eigenvalue weighted by atomic mass is 35.5. The molecule has 0 saturated heterocycles. The Morgan fingerprint density at radius 2 is 2.06 bits per heavy atom. The van der Waals surface area contributed by atoms with Crippen molar-refractivity contribution in [1.29, 1.82) is 0 Å². The molecule has 0 bridgehead atoms. The topological polar surface area (TPSA) is 70.1 Å². The SMILES string of the molecule is CCCNc1ncc(Cl)c(NCCCCCO)n1. The molecule has 6 heteroatoms. The standard InChI is InChI=1S/C12H21ClN4O/c1-2-6-15-12-16-9-10(13)11(17-12)14-7-4-3-5-8-18/h9,18H,2-8H2,1H3,(H2,14,15,16,17). The number of nitrogens with one attached hydrogen (secondary N) is 2. The third kappa shape index (κ3) is 5.51. The van der Waals surface area contributed by atoms with Crippen molar-refractivity contribution >= 4 is 23.4 Å². The van der Waals surface area contributed by atoms with Crippen LogP contribution in [-0.4, -0.2) is 34.8 Å². The van der Waals surface area contributed by atoms with E-state index in [2.05, 4.69) is 27.5 Å². The van der Waals surface area contributed by atoms with Crippen LogP contribution in [-0.2, 0) is 0 Å². The lowest BCUT2D eigenvalue weighted by atomic mass is 10.2. The minimum Gasteiger partial charge on any atom is -0.396 e. The first-order valence-corrected chi connectivity index (χ1v) is 6.77. The number of rotatable bonds is 9. The number of aromatic nitrogens is 2. The van der Waals surface area contributed by atoms with Crippen molar-refractivity contribution in [1.82, 2.24) is 9.97 Å². The van der Waals surface area contributed by atoms with Crippen LogP contribution in [0, 0.1) is 0 Å². The quantitative estimate of drug-likeness (QED) is 0.603. The Labute approximate surface area is 113 Å². The van der Waals surface area contributed by atoms with Gasteiger partial charge < -0.3 is 15.7 Å². The molecule has 18 heavy (non-hydrogen) atoms. The minimum absolute atomic E-state index is 0.249. The summed E-state index contributed by atoms with van der Waals surface area (Å²) in [6, 6.07) is 0. The monoisotopic (exact) mass is 272 g/mol. The number of hydrogen-bond acceptors (Lipinski definition) is 5. The van der Waals surface area contributed by atoms with E-state index in [1.165, 1.54) is 0 Å². The Balaban J connectivity index is 2.42. The zero-order valence-electron chi connectivity index (χ0n) is 10.7. The number of halogens is 1. The lowest BCUT2D eigenvalue weighted by Crippen LogP contribution is -2.09. The Hall–Kier alpha value is -1.07. The second kappa shape index (κ2) is 8.94. The molecular formula is C12H21ClN4O. The van der Waals surface area contributed by atoms with E-state index in [9.17, 15) is 0 Å². The number of anilines is 2. The van der Waals surface area contributed by atoms with Gasteiger partial charge in [-0.05, 0) is 25.7 Å². The first-order chi connectivity index (χ1) is 8.77. The van der Waals surface area contributed by atoms with Gasteiger partial charge >= 0.3 is 0 Å². The fraction of sp³-hybridized carbons (Fsp3) is 0.667. The highest BCUT2D eigenvalue weighted by Crippen LogP contribution is 2.19. The number of aliphatic hydroxyl groups excluding tert-OH is 1. The van der Waals surface area contributed by atoms with Crippen LogP contribution < -0.4 is 10.6 Å². The number of hydrogen-bond donors (Lipinski definition) is 3. The molecule has 0 amide bonds. The van der Waals surface area contributed by atoms with E-state index in [0.29, 0.717) is 16.8 Å². The summed E-state index contributed by atoms with van der Waals surface area (Å²) >= 11 is 6.02. The molecule has 0 spiro atoms. The molecule has 1 rings (SSSR count). The van der Waals surface area contributed by atoms with Crippen LogP contribution in [0.5, 0.6) is 0 Å². The summed E-state index contributed by atoms with van der Waals surface area (Å²) in [5.41, 5.74) is 0. The molecule has 0 unspecified atom stereocenters. The normalized spacial score (nSPS) is 10.4. The van der Waals surface area contributed by atoms with E-state index < -0.39 is 0 Å². The third-order valence-corrected chi connectivity index (χ3v) is 2.68. The van der Waals surface area contributed by atoms with Crippen LogP contribution in [0.15, 0.2) is 6.20 Å². The fourth-order valence-electron chi connectivity index (χ4n) is 1.43. The molecule has 3 N–H and O–H groups in total. The molecule has 1 aromatic rings. The highest BCUT2D eigenvalue weighted by Gasteiger charge is 2.04. The Bertz CT molecular complexity index is 349. The zero-order chi connectivity index (χ0) is 13.2. The van der Waals surface area contributed by atoms with Gasteiger partial charge in [0.25, 0.3) is 0 Å². The van der Waals surface area contributed by atoms with Crippen LogP contribution in [0.2, 0.25) is 5.02 Å². The summed E-state index contributed by atoms with van der Waals surface area (Å²) in [6.45, 7) is 3.98. The van der Waals surface area contributed by atoms with Gasteiger partial charge in [0.05, 0.1) is 6.20 Å².